The Morgan fingerprint density at radius 1 is 0.893 bits per heavy atom. The summed E-state index contributed by atoms with van der Waals surface area (Å²) >= 11 is 0. The van der Waals surface area contributed by atoms with E-state index in [1.807, 2.05) is 30.3 Å². The molecule has 0 radical (unpaired) electrons. The van der Waals surface area contributed by atoms with Crippen molar-refractivity contribution in [1.29, 1.82) is 0 Å². The van der Waals surface area contributed by atoms with Crippen molar-refractivity contribution < 1.29 is 48.3 Å². The first-order valence-corrected chi connectivity index (χ1v) is 9.77. The van der Waals surface area contributed by atoms with Crippen LogP contribution >= 0.6 is 8.25 Å². The summed E-state index contributed by atoms with van der Waals surface area (Å²) in [5, 5.41) is 16.9. The van der Waals surface area contributed by atoms with E-state index in [-0.39, 0.29) is 47.7 Å². The van der Waals surface area contributed by atoms with Gasteiger partial charge < -0.3 is 5.11 Å². The normalized spacial score (nSPS) is 11.2. The molecule has 28 heavy (non-hydrogen) atoms. The van der Waals surface area contributed by atoms with Gasteiger partial charge >= 0.3 is 37.8 Å². The zero-order valence-electron chi connectivity index (χ0n) is 15.7. The first-order valence-electron chi connectivity index (χ1n) is 8.67. The molecule has 4 nitrogen and oxygen atoms in total. The Hall–Kier alpha value is -1.94. The van der Waals surface area contributed by atoms with Gasteiger partial charge in [0, 0.05) is 4.57 Å². The van der Waals surface area contributed by atoms with Crippen LogP contribution in [0.1, 0.15) is 6.92 Å². The van der Waals surface area contributed by atoms with Gasteiger partial charge in [-0.1, -0.05) is 66.4 Å². The molecule has 0 spiro atoms. The molecule has 0 saturated heterocycles. The predicted molar refractivity (Wildman–Crippen MR) is 106 cm³/mol. The number of benzene rings is 4. The molecule has 4 aromatic carbocycles. The zero-order chi connectivity index (χ0) is 18.8. The van der Waals surface area contributed by atoms with Crippen molar-refractivity contribution >= 4 is 29.8 Å². The van der Waals surface area contributed by atoms with Crippen LogP contribution in [-0.2, 0) is 9.09 Å². The van der Waals surface area contributed by atoms with Gasteiger partial charge in [0.25, 0.3) is 0 Å². The number of fused-ring (bicyclic) bond motifs is 3. The summed E-state index contributed by atoms with van der Waals surface area (Å²) < 4.78 is 21.6. The van der Waals surface area contributed by atoms with Crippen molar-refractivity contribution in [2.75, 3.05) is 6.61 Å². The van der Waals surface area contributed by atoms with Gasteiger partial charge in [-0.25, -0.2) is 4.52 Å². The van der Waals surface area contributed by atoms with Gasteiger partial charge in [-0.15, -0.1) is 4.52 Å². The molecule has 0 aliphatic rings. The second kappa shape index (κ2) is 9.04. The van der Waals surface area contributed by atoms with Gasteiger partial charge in [0.1, 0.15) is 6.61 Å². The fourth-order valence-electron chi connectivity index (χ4n) is 3.26. The average Bonchev–Trinajstić information content (AvgIpc) is 2.69. The first-order chi connectivity index (χ1) is 13.2. The van der Waals surface area contributed by atoms with E-state index >= 15 is 0 Å². The van der Waals surface area contributed by atoms with Crippen LogP contribution in [-0.4, -0.2) is 6.61 Å². The van der Waals surface area contributed by atoms with Gasteiger partial charge in [0.2, 0.25) is 0 Å². The van der Waals surface area contributed by atoms with E-state index in [1.165, 1.54) is 11.5 Å². The van der Waals surface area contributed by atoms with Gasteiger partial charge in [-0.2, -0.15) is 0 Å². The van der Waals surface area contributed by atoms with Crippen LogP contribution < -0.4 is 39.2 Å². The van der Waals surface area contributed by atoms with Gasteiger partial charge in [0.05, 0.1) is 0 Å². The fourth-order valence-corrected chi connectivity index (χ4v) is 3.83. The number of rotatable bonds is 5. The zero-order valence-corrected chi connectivity index (χ0v) is 18.6. The van der Waals surface area contributed by atoms with E-state index in [4.69, 9.17) is 9.05 Å². The fraction of sp³-hybridized carbons (Fsp3) is 0.0909. The van der Waals surface area contributed by atoms with Gasteiger partial charge in [-0.3, -0.25) is 0 Å². The molecule has 1 atom stereocenters. The Bertz CT molecular complexity index is 1160. The van der Waals surface area contributed by atoms with Crippen LogP contribution in [0.15, 0.2) is 72.8 Å². The van der Waals surface area contributed by atoms with Crippen LogP contribution in [0.2, 0.25) is 0 Å². The SMILES string of the molecule is CCO[P+](=O)Oc1ccc(-c2cc3ccccc3c3ccccc23)cc1[O-].[Na+]. The van der Waals surface area contributed by atoms with Crippen molar-refractivity contribution in [3.05, 3.63) is 72.8 Å². The third kappa shape index (κ3) is 4.07. The second-order valence-electron chi connectivity index (χ2n) is 6.09. The molecule has 0 heterocycles. The molecule has 4 aromatic rings. The van der Waals surface area contributed by atoms with Crippen molar-refractivity contribution in [3.63, 3.8) is 0 Å². The van der Waals surface area contributed by atoms with E-state index in [1.54, 1.807) is 13.0 Å². The smallest absolute Gasteiger partial charge is 0.870 e. The molecule has 0 bridgehead atoms. The summed E-state index contributed by atoms with van der Waals surface area (Å²) in [5.41, 5.74) is 1.77. The van der Waals surface area contributed by atoms with Crippen molar-refractivity contribution in [2.24, 2.45) is 0 Å². The molecule has 4 rings (SSSR count). The standard InChI is InChI=1S/C22H17O4P.Na/c1-2-25-27(24)26-22-12-11-16(14-21(22)23)20-13-15-7-3-4-8-17(15)18-9-5-6-10-19(18)20;/h3-14H,2H2,1H3;/q;+1. The summed E-state index contributed by atoms with van der Waals surface area (Å²) in [5.74, 6) is -0.300. The second-order valence-corrected chi connectivity index (χ2v) is 6.97. The number of hydrogen-bond acceptors (Lipinski definition) is 4. The Morgan fingerprint density at radius 2 is 1.57 bits per heavy atom. The largest absolute Gasteiger partial charge is 1.00 e. The van der Waals surface area contributed by atoms with E-state index < -0.39 is 8.25 Å². The van der Waals surface area contributed by atoms with E-state index in [9.17, 15) is 9.67 Å². The maximum absolute atomic E-state index is 12.4. The molecule has 0 fully saturated rings. The maximum atomic E-state index is 12.4. The average molecular weight is 399 g/mol. The van der Waals surface area contributed by atoms with Crippen LogP contribution in [0.4, 0.5) is 0 Å². The van der Waals surface area contributed by atoms with Crippen LogP contribution in [0.3, 0.4) is 0 Å². The summed E-state index contributed by atoms with van der Waals surface area (Å²) in [4.78, 5) is 0. The van der Waals surface area contributed by atoms with Gasteiger partial charge in [0.15, 0.2) is 5.75 Å². The molecule has 0 saturated carbocycles. The van der Waals surface area contributed by atoms with E-state index in [0.717, 1.165) is 27.3 Å². The maximum Gasteiger partial charge on any atom is 1.00 e. The molecule has 0 amide bonds. The molecule has 0 aliphatic heterocycles. The molecule has 1 unspecified atom stereocenters. The van der Waals surface area contributed by atoms with Crippen molar-refractivity contribution in [3.8, 4) is 22.6 Å². The van der Waals surface area contributed by atoms with Crippen molar-refractivity contribution in [2.45, 2.75) is 6.92 Å². The third-order valence-electron chi connectivity index (χ3n) is 4.43. The molecule has 0 N–H and O–H groups in total. The molecule has 134 valence electrons. The first kappa shape index (κ1) is 20.8. The van der Waals surface area contributed by atoms with Crippen molar-refractivity contribution in [1.82, 2.24) is 0 Å². The van der Waals surface area contributed by atoms with Crippen LogP contribution in [0.25, 0.3) is 32.7 Å². The quantitative estimate of drug-likeness (QED) is 0.294. The predicted octanol–water partition coefficient (Wildman–Crippen LogP) is 2.81. The minimum absolute atomic E-state index is 0. The molecular formula is C22H17NaO4P+. The summed E-state index contributed by atoms with van der Waals surface area (Å²) in [7, 11) is -2.34. The summed E-state index contributed by atoms with van der Waals surface area (Å²) in [6.07, 6.45) is 0. The van der Waals surface area contributed by atoms with E-state index in [2.05, 4.69) is 30.3 Å². The van der Waals surface area contributed by atoms with Crippen LogP contribution in [0.5, 0.6) is 11.5 Å². The van der Waals surface area contributed by atoms with E-state index in [0.29, 0.717) is 0 Å². The molecule has 6 heteroatoms. The summed E-state index contributed by atoms with van der Waals surface area (Å²) in [6, 6.07) is 23.3. The molecule has 0 aromatic heterocycles. The molecular weight excluding hydrogens is 382 g/mol. The Labute approximate surface area is 186 Å². The topological polar surface area (TPSA) is 58.6 Å². The molecule has 0 aliphatic carbocycles. The van der Waals surface area contributed by atoms with Gasteiger partial charge in [-0.05, 0) is 51.7 Å². The third-order valence-corrected chi connectivity index (χ3v) is 5.24. The Kier molecular flexibility index (Phi) is 6.71. The monoisotopic (exact) mass is 399 g/mol. The Balaban J connectivity index is 0.00000225. The van der Waals surface area contributed by atoms with Crippen LogP contribution in [0, 0.1) is 0 Å². The Morgan fingerprint density at radius 3 is 2.29 bits per heavy atom. The minimum Gasteiger partial charge on any atom is -0.870 e. The number of hydrogen-bond donors (Lipinski definition) is 0. The minimum atomic E-state index is -2.34. The summed E-state index contributed by atoms with van der Waals surface area (Å²) in [6.45, 7) is 1.97.